The van der Waals surface area contributed by atoms with Gasteiger partial charge < -0.3 is 4.90 Å². The molecule has 5 rings (SSSR count). The van der Waals surface area contributed by atoms with Gasteiger partial charge in [-0.1, -0.05) is 18.2 Å². The second kappa shape index (κ2) is 10.9. The fourth-order valence-corrected chi connectivity index (χ4v) is 6.46. The first-order valence-corrected chi connectivity index (χ1v) is 14.2. The van der Waals surface area contributed by atoms with Crippen molar-refractivity contribution >= 4 is 32.5 Å². The summed E-state index contributed by atoms with van der Waals surface area (Å²) < 4.78 is 69.8. The summed E-state index contributed by atoms with van der Waals surface area (Å²) in [4.78, 5) is 21.3. The number of aromatic nitrogens is 1. The van der Waals surface area contributed by atoms with Crippen LogP contribution in [0.25, 0.3) is 10.9 Å². The lowest BCUT2D eigenvalue weighted by Gasteiger charge is -2.44. The van der Waals surface area contributed by atoms with E-state index in [0.29, 0.717) is 41.3 Å². The van der Waals surface area contributed by atoms with Gasteiger partial charge in [0.25, 0.3) is 15.9 Å². The molecular weight excluding hydrogens is 541 g/mol. The zero-order chi connectivity index (χ0) is 28.6. The number of hydrogen-bond acceptors (Lipinski definition) is 5. The third-order valence-electron chi connectivity index (χ3n) is 6.98. The SMILES string of the molecule is CC1CN(Cc2cc(F)c(F)cc2F)CC(C)N1C(=O)c1ccc(NS(=O)(=O)c2cccc3cccnc23)cc1. The predicted octanol–water partition coefficient (Wildman–Crippen LogP) is 5.19. The van der Waals surface area contributed by atoms with Gasteiger partial charge in [-0.15, -0.1) is 0 Å². The third kappa shape index (κ3) is 5.52. The molecule has 2 atom stereocenters. The molecule has 0 saturated carbocycles. The first kappa shape index (κ1) is 27.6. The third-order valence-corrected chi connectivity index (χ3v) is 8.39. The van der Waals surface area contributed by atoms with Crippen LogP contribution < -0.4 is 4.72 Å². The number of fused-ring (bicyclic) bond motifs is 1. The normalized spacial score (nSPS) is 18.2. The summed E-state index contributed by atoms with van der Waals surface area (Å²) in [6.07, 6.45) is 1.53. The van der Waals surface area contributed by atoms with Crippen molar-refractivity contribution in [1.29, 1.82) is 0 Å². The van der Waals surface area contributed by atoms with Crippen molar-refractivity contribution < 1.29 is 26.4 Å². The smallest absolute Gasteiger partial charge is 0.264 e. The van der Waals surface area contributed by atoms with Crippen LogP contribution in [0.2, 0.25) is 0 Å². The van der Waals surface area contributed by atoms with Crippen molar-refractivity contribution in [3.05, 3.63) is 102 Å². The van der Waals surface area contributed by atoms with Crippen LogP contribution in [-0.4, -0.2) is 54.3 Å². The first-order valence-electron chi connectivity index (χ1n) is 12.7. The second-order valence-electron chi connectivity index (χ2n) is 9.98. The number of piperazine rings is 1. The van der Waals surface area contributed by atoms with Crippen molar-refractivity contribution in [3.8, 4) is 0 Å². The average molecular weight is 569 g/mol. The molecule has 0 bridgehead atoms. The highest BCUT2D eigenvalue weighted by Gasteiger charge is 2.33. The Balaban J connectivity index is 1.27. The van der Waals surface area contributed by atoms with Crippen molar-refractivity contribution in [2.24, 2.45) is 0 Å². The standard InChI is InChI=1S/C29H27F3N4O3S/c1-18-15-35(17-22-13-25(31)26(32)14-24(22)30)16-19(2)36(18)29(37)21-8-10-23(11-9-21)34-40(38,39)27-7-3-5-20-6-4-12-33-28(20)27/h3-14,18-19,34H,15-17H2,1-2H3. The van der Waals surface area contributed by atoms with E-state index < -0.39 is 27.5 Å². The summed E-state index contributed by atoms with van der Waals surface area (Å²) in [7, 11) is -3.94. The number of rotatable bonds is 6. The number of carbonyl (C=O) groups is 1. The quantitative estimate of drug-likeness (QED) is 0.324. The number of benzene rings is 3. The number of nitrogens with one attached hydrogen (secondary N) is 1. The number of anilines is 1. The first-order chi connectivity index (χ1) is 19.0. The van der Waals surface area contributed by atoms with E-state index in [4.69, 9.17) is 0 Å². The maximum atomic E-state index is 14.2. The molecule has 40 heavy (non-hydrogen) atoms. The minimum Gasteiger partial charge on any atom is -0.331 e. The molecule has 1 N–H and O–H groups in total. The van der Waals surface area contributed by atoms with Crippen LogP contribution in [0.3, 0.4) is 0 Å². The van der Waals surface area contributed by atoms with E-state index >= 15 is 0 Å². The molecule has 3 aromatic carbocycles. The van der Waals surface area contributed by atoms with E-state index in [2.05, 4.69) is 9.71 Å². The van der Waals surface area contributed by atoms with Crippen LogP contribution in [-0.2, 0) is 16.6 Å². The summed E-state index contributed by atoms with van der Waals surface area (Å²) in [5.74, 6) is -3.38. The van der Waals surface area contributed by atoms with Gasteiger partial charge in [0.05, 0.1) is 5.52 Å². The molecule has 1 amide bonds. The molecule has 1 saturated heterocycles. The number of nitrogens with zero attached hydrogens (tertiary/aromatic N) is 3. The Morgan fingerprint density at radius 1 is 0.925 bits per heavy atom. The van der Waals surface area contributed by atoms with E-state index in [1.165, 1.54) is 24.4 Å². The summed E-state index contributed by atoms with van der Waals surface area (Å²) >= 11 is 0. The van der Waals surface area contributed by atoms with Crippen LogP contribution in [0.1, 0.15) is 29.8 Å². The molecule has 1 aliphatic heterocycles. The number of halogens is 3. The van der Waals surface area contributed by atoms with E-state index in [1.54, 1.807) is 41.3 Å². The summed E-state index contributed by atoms with van der Waals surface area (Å²) in [5.41, 5.74) is 1.09. The van der Waals surface area contributed by atoms with Gasteiger partial charge in [0.15, 0.2) is 11.6 Å². The molecule has 1 fully saturated rings. The Bertz CT molecular complexity index is 1670. The lowest BCUT2D eigenvalue weighted by atomic mass is 10.0. The van der Waals surface area contributed by atoms with Gasteiger partial charge in [0, 0.05) is 66.2 Å². The number of carbonyl (C=O) groups excluding carboxylic acids is 1. The Labute approximate surface area is 230 Å². The highest BCUT2D eigenvalue weighted by Crippen LogP contribution is 2.25. The maximum Gasteiger partial charge on any atom is 0.264 e. The highest BCUT2D eigenvalue weighted by atomic mass is 32.2. The van der Waals surface area contributed by atoms with Crippen LogP contribution in [0, 0.1) is 17.5 Å². The second-order valence-corrected chi connectivity index (χ2v) is 11.6. The fraction of sp³-hybridized carbons (Fsp3) is 0.241. The minimum absolute atomic E-state index is 0.0505. The molecule has 0 spiro atoms. The highest BCUT2D eigenvalue weighted by molar-refractivity contribution is 7.93. The van der Waals surface area contributed by atoms with Gasteiger partial charge in [-0.3, -0.25) is 19.4 Å². The number of para-hydroxylation sites is 1. The molecule has 208 valence electrons. The van der Waals surface area contributed by atoms with Gasteiger partial charge >= 0.3 is 0 Å². The molecule has 4 aromatic rings. The van der Waals surface area contributed by atoms with Gasteiger partial charge in [-0.2, -0.15) is 0 Å². The Kier molecular flexibility index (Phi) is 7.52. The molecule has 1 aromatic heterocycles. The molecule has 2 unspecified atom stereocenters. The zero-order valence-corrected chi connectivity index (χ0v) is 22.6. The fourth-order valence-electron chi connectivity index (χ4n) is 5.22. The molecule has 11 heteroatoms. The summed E-state index contributed by atoms with van der Waals surface area (Å²) in [6, 6.07) is 15.5. The van der Waals surface area contributed by atoms with E-state index in [0.717, 1.165) is 6.07 Å². The number of amides is 1. The largest absolute Gasteiger partial charge is 0.331 e. The maximum absolute atomic E-state index is 14.2. The van der Waals surface area contributed by atoms with Gasteiger partial charge in [-0.05, 0) is 56.3 Å². The van der Waals surface area contributed by atoms with Crippen LogP contribution in [0.5, 0.6) is 0 Å². The predicted molar refractivity (Wildman–Crippen MR) is 146 cm³/mol. The Hall–Kier alpha value is -3.96. The van der Waals surface area contributed by atoms with Crippen LogP contribution >= 0.6 is 0 Å². The molecule has 7 nitrogen and oxygen atoms in total. The average Bonchev–Trinajstić information content (AvgIpc) is 2.91. The Morgan fingerprint density at radius 3 is 2.27 bits per heavy atom. The molecular formula is C29H27F3N4O3S. The van der Waals surface area contributed by atoms with E-state index in [-0.39, 0.29) is 35.0 Å². The number of sulfonamides is 1. The summed E-state index contributed by atoms with van der Waals surface area (Å²) in [5, 5.41) is 0.699. The zero-order valence-electron chi connectivity index (χ0n) is 21.8. The van der Waals surface area contributed by atoms with Crippen molar-refractivity contribution in [3.63, 3.8) is 0 Å². The Morgan fingerprint density at radius 2 is 1.57 bits per heavy atom. The number of pyridine rings is 1. The van der Waals surface area contributed by atoms with Gasteiger partial charge in [-0.25, -0.2) is 21.6 Å². The molecule has 2 heterocycles. The van der Waals surface area contributed by atoms with Crippen molar-refractivity contribution in [2.45, 2.75) is 37.4 Å². The lowest BCUT2D eigenvalue weighted by molar-refractivity contribution is 0.0265. The number of hydrogen-bond donors (Lipinski definition) is 1. The van der Waals surface area contributed by atoms with E-state index in [9.17, 15) is 26.4 Å². The monoisotopic (exact) mass is 568 g/mol. The topological polar surface area (TPSA) is 82.6 Å². The van der Waals surface area contributed by atoms with Crippen LogP contribution in [0.4, 0.5) is 18.9 Å². The van der Waals surface area contributed by atoms with Crippen molar-refractivity contribution in [1.82, 2.24) is 14.8 Å². The molecule has 0 aliphatic carbocycles. The van der Waals surface area contributed by atoms with Crippen molar-refractivity contribution in [2.75, 3.05) is 17.8 Å². The van der Waals surface area contributed by atoms with E-state index in [1.807, 2.05) is 18.7 Å². The van der Waals surface area contributed by atoms with Gasteiger partial charge in [0.1, 0.15) is 10.7 Å². The molecule has 0 radical (unpaired) electrons. The minimum atomic E-state index is -3.94. The molecule has 1 aliphatic rings. The van der Waals surface area contributed by atoms with Gasteiger partial charge in [0.2, 0.25) is 0 Å². The lowest BCUT2D eigenvalue weighted by Crippen LogP contribution is -2.58. The van der Waals surface area contributed by atoms with Crippen LogP contribution in [0.15, 0.2) is 77.8 Å². The summed E-state index contributed by atoms with van der Waals surface area (Å²) in [6.45, 7) is 4.63.